The van der Waals surface area contributed by atoms with Crippen LogP contribution >= 0.6 is 0 Å². The van der Waals surface area contributed by atoms with Crippen molar-refractivity contribution in [3.05, 3.63) is 37.1 Å². The SMILES string of the molecule is CC[C@@H]1OC(=O)[C@H](C)C(=O)[C@H](C)[C@H](O[C@@H]2O[C@H](C)C[C@H](N(C)C)[C@H]2O)[C@@](C)(OC)C[C@@H](C)NC(=O)C(C)[C@H]2N(NCCCn3cnc(-c4cccnc4)c3)C(=O)O[C@]12C. The topological polar surface area (TPSA) is 196 Å². The maximum absolute atomic E-state index is 14.4. The van der Waals surface area contributed by atoms with Crippen molar-refractivity contribution in [3.8, 4) is 11.3 Å². The lowest BCUT2D eigenvalue weighted by Gasteiger charge is -2.46. The van der Waals surface area contributed by atoms with E-state index in [2.05, 4.69) is 20.7 Å². The number of imidazole rings is 1. The van der Waals surface area contributed by atoms with Crippen LogP contribution in [0.3, 0.4) is 0 Å². The molecule has 2 amide bonds. The molecule has 5 heterocycles. The summed E-state index contributed by atoms with van der Waals surface area (Å²) < 4.78 is 33.0. The quantitative estimate of drug-likeness (QED) is 0.170. The van der Waals surface area contributed by atoms with Crippen molar-refractivity contribution in [2.24, 2.45) is 17.8 Å². The fourth-order valence-corrected chi connectivity index (χ4v) is 9.00. The molecule has 0 saturated carbocycles. The molecule has 3 aliphatic rings. The number of esters is 1. The number of pyridine rings is 1. The normalized spacial score (nSPS) is 36.4. The number of cyclic esters (lactones) is 1. The molecule has 0 aromatic carbocycles. The molecule has 1 unspecified atom stereocenters. The molecule has 17 nitrogen and oxygen atoms in total. The highest BCUT2D eigenvalue weighted by molar-refractivity contribution is 6.00. The number of nitrogens with one attached hydrogen (secondary N) is 2. The molecule has 59 heavy (non-hydrogen) atoms. The first-order chi connectivity index (χ1) is 27.8. The second-order valence-electron chi connectivity index (χ2n) is 17.2. The lowest BCUT2D eigenvalue weighted by atomic mass is 9.79. The standard InChI is InChI=1S/C42H65N7O10/c1-12-32-42(8)35(49(40(54)59-42)45-17-14-18-48-22-30(44-23-48)29-15-13-16-43-21-29)28(6)37(52)46-24(2)20-41(7,55-11)36(26(4)33(50)27(5)38(53)57-32)58-39-34(51)31(47(9)10)19-25(3)56-39/h13,15-16,21-28,31-32,34-36,39,45,51H,12,14,17-20H2,1-11H3,(H,46,52)/t24-,25-,26+,27-,28?,31+,32+,34-,35-,36+,39+,41+,42-/m1/s1. The van der Waals surface area contributed by atoms with Gasteiger partial charge in [-0.25, -0.2) is 20.2 Å². The number of ether oxygens (including phenoxy) is 5. The Morgan fingerprint density at radius 1 is 1.10 bits per heavy atom. The van der Waals surface area contributed by atoms with E-state index in [1.807, 2.05) is 55.7 Å². The minimum atomic E-state index is -1.49. The molecule has 5 rings (SSSR count). The van der Waals surface area contributed by atoms with Crippen LogP contribution in [-0.4, -0.2) is 141 Å². The Hall–Kier alpha value is -4.00. The molecular formula is C42H65N7O10. The average molecular weight is 828 g/mol. The average Bonchev–Trinajstić information content (AvgIpc) is 3.78. The van der Waals surface area contributed by atoms with E-state index >= 15 is 0 Å². The number of aromatic nitrogens is 3. The number of ketones is 1. The van der Waals surface area contributed by atoms with Gasteiger partial charge < -0.3 is 43.6 Å². The van der Waals surface area contributed by atoms with Gasteiger partial charge in [-0.3, -0.25) is 19.4 Å². The van der Waals surface area contributed by atoms with Gasteiger partial charge in [0.1, 0.15) is 24.2 Å². The number of methoxy groups -OCH3 is 1. The zero-order chi connectivity index (χ0) is 43.4. The molecule has 17 heteroatoms. The molecule has 0 radical (unpaired) electrons. The van der Waals surface area contributed by atoms with Gasteiger partial charge in [0.2, 0.25) is 5.91 Å². The van der Waals surface area contributed by atoms with E-state index in [1.54, 1.807) is 53.3 Å². The summed E-state index contributed by atoms with van der Waals surface area (Å²) in [7, 11) is 5.23. The highest BCUT2D eigenvalue weighted by Gasteiger charge is 2.60. The Morgan fingerprint density at radius 3 is 2.47 bits per heavy atom. The third kappa shape index (κ3) is 9.97. The van der Waals surface area contributed by atoms with Crippen LogP contribution in [0.25, 0.3) is 11.3 Å². The Morgan fingerprint density at radius 2 is 1.83 bits per heavy atom. The van der Waals surface area contributed by atoms with Gasteiger partial charge >= 0.3 is 12.1 Å². The Bertz CT molecular complexity index is 1760. The summed E-state index contributed by atoms with van der Waals surface area (Å²) in [6, 6.07) is 2.04. The van der Waals surface area contributed by atoms with Gasteiger partial charge in [-0.05, 0) is 86.5 Å². The number of likely N-dealkylation sites (N-methyl/N-ethyl adjacent to an activating group) is 1. The number of rotatable bonds is 11. The molecule has 3 fully saturated rings. The Labute approximate surface area is 347 Å². The van der Waals surface area contributed by atoms with Crippen LogP contribution in [0.15, 0.2) is 37.1 Å². The van der Waals surface area contributed by atoms with Gasteiger partial charge in [-0.2, -0.15) is 0 Å². The van der Waals surface area contributed by atoms with Crippen molar-refractivity contribution in [3.63, 3.8) is 0 Å². The number of aliphatic hydroxyl groups excluding tert-OH is 1. The molecule has 2 aromatic heterocycles. The maximum Gasteiger partial charge on any atom is 0.425 e. The Balaban J connectivity index is 1.41. The molecule has 2 aromatic rings. The van der Waals surface area contributed by atoms with Crippen LogP contribution in [0.1, 0.15) is 81.1 Å². The van der Waals surface area contributed by atoms with Gasteiger partial charge in [0, 0.05) is 62.4 Å². The summed E-state index contributed by atoms with van der Waals surface area (Å²) in [6.07, 6.45) is 3.46. The molecule has 3 N–H and O–H groups in total. The lowest BCUT2D eigenvalue weighted by Crippen LogP contribution is -2.61. The van der Waals surface area contributed by atoms with E-state index in [9.17, 15) is 24.3 Å². The zero-order valence-corrected chi connectivity index (χ0v) is 36.4. The number of carbonyl (C=O) groups excluding carboxylic acids is 4. The number of aryl methyl sites for hydroxylation is 1. The van der Waals surface area contributed by atoms with Crippen molar-refractivity contribution in [1.82, 2.24) is 35.2 Å². The fourth-order valence-electron chi connectivity index (χ4n) is 9.00. The van der Waals surface area contributed by atoms with Crippen molar-refractivity contribution >= 4 is 23.8 Å². The summed E-state index contributed by atoms with van der Waals surface area (Å²) in [4.78, 5) is 66.9. The summed E-state index contributed by atoms with van der Waals surface area (Å²) in [5, 5.41) is 15.9. The fraction of sp³-hybridized carbons (Fsp3) is 0.714. The van der Waals surface area contributed by atoms with Gasteiger partial charge in [0.15, 0.2) is 17.7 Å². The molecule has 3 saturated heterocycles. The maximum atomic E-state index is 14.4. The number of aliphatic hydroxyl groups is 1. The molecular weight excluding hydrogens is 763 g/mol. The zero-order valence-electron chi connectivity index (χ0n) is 36.4. The predicted molar refractivity (Wildman–Crippen MR) is 216 cm³/mol. The molecule has 0 bridgehead atoms. The van der Waals surface area contributed by atoms with Gasteiger partial charge in [0.05, 0.1) is 35.7 Å². The minimum absolute atomic E-state index is 0.173. The number of amides is 2. The first kappa shape index (κ1) is 46.1. The first-order valence-electron chi connectivity index (χ1n) is 20.8. The monoisotopic (exact) mass is 827 g/mol. The van der Waals surface area contributed by atoms with E-state index in [0.717, 1.165) is 11.3 Å². The summed E-state index contributed by atoms with van der Waals surface area (Å²) >= 11 is 0. The van der Waals surface area contributed by atoms with Crippen molar-refractivity contribution < 1.29 is 48.0 Å². The summed E-state index contributed by atoms with van der Waals surface area (Å²) in [6.45, 7) is 14.7. The number of nitrogens with zero attached hydrogens (tertiary/aromatic N) is 5. The molecule has 0 spiro atoms. The van der Waals surface area contributed by atoms with E-state index in [1.165, 1.54) is 19.0 Å². The summed E-state index contributed by atoms with van der Waals surface area (Å²) in [5.74, 6) is -4.75. The smallest absolute Gasteiger partial charge is 0.425 e. The van der Waals surface area contributed by atoms with Crippen LogP contribution in [0, 0.1) is 17.8 Å². The highest BCUT2D eigenvalue weighted by atomic mass is 16.7. The van der Waals surface area contributed by atoms with Crippen LogP contribution in [0.2, 0.25) is 0 Å². The molecule has 3 aliphatic heterocycles. The van der Waals surface area contributed by atoms with Gasteiger partial charge in [-0.1, -0.05) is 20.8 Å². The summed E-state index contributed by atoms with van der Waals surface area (Å²) in [5.41, 5.74) is 2.16. The second kappa shape index (κ2) is 19.1. The Kier molecular flexibility index (Phi) is 15.0. The van der Waals surface area contributed by atoms with E-state index in [4.69, 9.17) is 23.7 Å². The third-order valence-electron chi connectivity index (χ3n) is 12.4. The lowest BCUT2D eigenvalue weighted by molar-refractivity contribution is -0.295. The van der Waals surface area contributed by atoms with Crippen LogP contribution in [-0.2, 0) is 44.6 Å². The number of fused-ring (bicyclic) bond motifs is 1. The molecule has 13 atom stereocenters. The van der Waals surface area contributed by atoms with Crippen LogP contribution in [0.4, 0.5) is 4.79 Å². The first-order valence-corrected chi connectivity index (χ1v) is 20.8. The van der Waals surface area contributed by atoms with Crippen LogP contribution in [0.5, 0.6) is 0 Å². The number of hydrazine groups is 1. The predicted octanol–water partition coefficient (Wildman–Crippen LogP) is 3.34. The van der Waals surface area contributed by atoms with E-state index in [0.29, 0.717) is 25.9 Å². The second-order valence-corrected chi connectivity index (χ2v) is 17.2. The number of hydrogen-bond acceptors (Lipinski definition) is 14. The molecule has 0 aliphatic carbocycles. The van der Waals surface area contributed by atoms with Gasteiger partial charge in [-0.15, -0.1) is 0 Å². The number of Topliss-reactive ketones (excluding diaryl/α,β-unsaturated/α-hetero) is 1. The van der Waals surface area contributed by atoms with E-state index < -0.39 is 83.5 Å². The van der Waals surface area contributed by atoms with Crippen molar-refractivity contribution in [2.45, 2.75) is 148 Å². The van der Waals surface area contributed by atoms with Crippen molar-refractivity contribution in [1.29, 1.82) is 0 Å². The number of carbonyl (C=O) groups is 4. The van der Waals surface area contributed by atoms with Gasteiger partial charge in [0.25, 0.3) is 0 Å². The van der Waals surface area contributed by atoms with Crippen molar-refractivity contribution in [2.75, 3.05) is 27.7 Å². The highest BCUT2D eigenvalue weighted by Crippen LogP contribution is 2.40. The minimum Gasteiger partial charge on any atom is -0.458 e. The van der Waals surface area contributed by atoms with Crippen LogP contribution < -0.4 is 10.7 Å². The molecule has 328 valence electrons. The largest absolute Gasteiger partial charge is 0.458 e. The third-order valence-corrected chi connectivity index (χ3v) is 12.4. The number of hydrogen-bond donors (Lipinski definition) is 3. The van der Waals surface area contributed by atoms with E-state index in [-0.39, 0.29) is 30.9 Å².